The maximum Gasteiger partial charge on any atom is 0.0871 e. The van der Waals surface area contributed by atoms with Gasteiger partial charge in [0.15, 0.2) is 0 Å². The molecule has 0 fully saturated rings. The van der Waals surface area contributed by atoms with Crippen molar-refractivity contribution in [3.05, 3.63) is 41.5 Å². The molecule has 0 bridgehead atoms. The Morgan fingerprint density at radius 1 is 1.15 bits per heavy atom. The molecule has 0 radical (unpaired) electrons. The minimum absolute atomic E-state index is 0.434. The number of hydrogen-bond donors (Lipinski definition) is 2. The van der Waals surface area contributed by atoms with Crippen LogP contribution >= 0.6 is 0 Å². The van der Waals surface area contributed by atoms with Crippen LogP contribution in [0.25, 0.3) is 5.57 Å². The Kier molecular flexibility index (Phi) is 5.17. The van der Waals surface area contributed by atoms with E-state index in [0.29, 0.717) is 5.92 Å². The summed E-state index contributed by atoms with van der Waals surface area (Å²) in [7, 11) is 0. The van der Waals surface area contributed by atoms with Crippen LogP contribution in [-0.4, -0.2) is 16.3 Å². The van der Waals surface area contributed by atoms with Crippen molar-refractivity contribution in [1.29, 1.82) is 0 Å². The first kappa shape index (κ1) is 16.9. The molecule has 20 heavy (non-hydrogen) atoms. The van der Waals surface area contributed by atoms with Crippen molar-refractivity contribution in [1.82, 2.24) is 0 Å². The van der Waals surface area contributed by atoms with Gasteiger partial charge < -0.3 is 10.2 Å². The van der Waals surface area contributed by atoms with Gasteiger partial charge in [0.05, 0.1) is 12.2 Å². The van der Waals surface area contributed by atoms with Gasteiger partial charge in [0.1, 0.15) is 0 Å². The molecule has 2 atom stereocenters. The fourth-order valence-corrected chi connectivity index (χ4v) is 2.17. The number of benzene rings is 1. The average Bonchev–Trinajstić information content (AvgIpc) is 2.36. The number of rotatable bonds is 5. The Morgan fingerprint density at radius 2 is 1.70 bits per heavy atom. The fourth-order valence-electron chi connectivity index (χ4n) is 2.17. The summed E-state index contributed by atoms with van der Waals surface area (Å²) in [5, 5.41) is 20.6. The zero-order valence-electron chi connectivity index (χ0n) is 13.6. The van der Waals surface area contributed by atoms with Crippen molar-refractivity contribution in [2.45, 2.75) is 59.7 Å². The molecule has 0 amide bonds. The molecule has 1 rings (SSSR count). The highest BCUT2D eigenvalue weighted by atomic mass is 16.3. The Morgan fingerprint density at radius 3 is 2.10 bits per heavy atom. The van der Waals surface area contributed by atoms with Gasteiger partial charge in [0.2, 0.25) is 0 Å². The molecule has 2 heteroatoms. The normalized spacial score (nSPS) is 15.2. The number of allylic oxidation sites excluding steroid dienone is 1. The van der Waals surface area contributed by atoms with Gasteiger partial charge >= 0.3 is 0 Å². The molecule has 0 saturated heterocycles. The zero-order valence-corrected chi connectivity index (χ0v) is 13.6. The monoisotopic (exact) mass is 276 g/mol. The van der Waals surface area contributed by atoms with Crippen molar-refractivity contribution in [3.63, 3.8) is 0 Å². The van der Waals surface area contributed by atoms with Crippen LogP contribution in [0.5, 0.6) is 0 Å². The molecule has 0 heterocycles. The standard InChI is InChI=1S/C18H28O2/c1-11(2)14-8-9-15(16(10-14)12(3)4)17(20)18(6,7)13(5)19/h8-11,13,17,19-20H,3H2,1-2,4-7H3/t13-,17-/m1/s1. The van der Waals surface area contributed by atoms with Gasteiger partial charge in [0, 0.05) is 5.41 Å². The SMILES string of the molecule is C=C(C)c1cc(C(C)C)ccc1[C@@H](O)C(C)(C)[C@@H](C)O. The minimum Gasteiger partial charge on any atom is -0.393 e. The molecule has 0 spiro atoms. The van der Waals surface area contributed by atoms with E-state index in [2.05, 4.69) is 26.5 Å². The Labute approximate surface area is 123 Å². The van der Waals surface area contributed by atoms with Crippen LogP contribution in [0, 0.1) is 5.41 Å². The van der Waals surface area contributed by atoms with Gasteiger partial charge in [-0.3, -0.25) is 0 Å². The molecule has 0 aromatic heterocycles. The fraction of sp³-hybridized carbons (Fsp3) is 0.556. The summed E-state index contributed by atoms with van der Waals surface area (Å²) in [6.07, 6.45) is -1.32. The maximum absolute atomic E-state index is 10.7. The van der Waals surface area contributed by atoms with Crippen LogP contribution in [0.1, 0.15) is 70.3 Å². The molecular weight excluding hydrogens is 248 g/mol. The van der Waals surface area contributed by atoms with E-state index in [-0.39, 0.29) is 0 Å². The molecule has 112 valence electrons. The predicted molar refractivity (Wildman–Crippen MR) is 85.7 cm³/mol. The minimum atomic E-state index is -0.726. The van der Waals surface area contributed by atoms with E-state index in [0.717, 1.165) is 16.7 Å². The molecule has 2 N–H and O–H groups in total. The topological polar surface area (TPSA) is 40.5 Å². The number of hydrogen-bond acceptors (Lipinski definition) is 2. The highest BCUT2D eigenvalue weighted by molar-refractivity contribution is 5.66. The summed E-state index contributed by atoms with van der Waals surface area (Å²) in [5.41, 5.74) is 3.38. The Balaban J connectivity index is 3.34. The molecule has 0 aliphatic carbocycles. The van der Waals surface area contributed by atoms with Crippen LogP contribution in [0.3, 0.4) is 0 Å². The lowest BCUT2D eigenvalue weighted by Gasteiger charge is -2.35. The lowest BCUT2D eigenvalue weighted by atomic mass is 9.76. The Bertz CT molecular complexity index is 484. The first-order valence-electron chi connectivity index (χ1n) is 7.24. The summed E-state index contributed by atoms with van der Waals surface area (Å²) in [6.45, 7) is 15.7. The van der Waals surface area contributed by atoms with Crippen LogP contribution in [0.4, 0.5) is 0 Å². The van der Waals surface area contributed by atoms with Gasteiger partial charge in [-0.1, -0.05) is 58.0 Å². The van der Waals surface area contributed by atoms with Crippen molar-refractivity contribution < 1.29 is 10.2 Å². The zero-order chi connectivity index (χ0) is 15.7. The second-order valence-electron chi connectivity index (χ2n) is 6.68. The third kappa shape index (κ3) is 3.31. The molecule has 0 unspecified atom stereocenters. The summed E-state index contributed by atoms with van der Waals surface area (Å²) in [6, 6.07) is 6.12. The van der Waals surface area contributed by atoms with Crippen LogP contribution in [0.2, 0.25) is 0 Å². The highest BCUT2D eigenvalue weighted by Gasteiger charge is 2.35. The van der Waals surface area contributed by atoms with Gasteiger partial charge in [-0.2, -0.15) is 0 Å². The molecule has 0 aliphatic heterocycles. The first-order chi connectivity index (χ1) is 9.09. The average molecular weight is 276 g/mol. The molecule has 1 aromatic rings. The van der Waals surface area contributed by atoms with Gasteiger partial charge in [-0.25, -0.2) is 0 Å². The van der Waals surface area contributed by atoms with E-state index in [4.69, 9.17) is 0 Å². The smallest absolute Gasteiger partial charge is 0.0871 e. The third-order valence-electron chi connectivity index (χ3n) is 4.28. The van der Waals surface area contributed by atoms with Crippen LogP contribution < -0.4 is 0 Å². The quantitative estimate of drug-likeness (QED) is 0.842. The second kappa shape index (κ2) is 6.11. The molecule has 0 aliphatic rings. The molecule has 1 aromatic carbocycles. The summed E-state index contributed by atoms with van der Waals surface area (Å²) in [4.78, 5) is 0. The van der Waals surface area contributed by atoms with E-state index >= 15 is 0 Å². The van der Waals surface area contributed by atoms with Gasteiger partial charge in [-0.05, 0) is 36.5 Å². The van der Waals surface area contributed by atoms with E-state index in [1.807, 2.05) is 32.9 Å². The highest BCUT2D eigenvalue weighted by Crippen LogP contribution is 2.39. The predicted octanol–water partition coefficient (Wildman–Crippen LogP) is 4.28. The van der Waals surface area contributed by atoms with E-state index < -0.39 is 17.6 Å². The third-order valence-corrected chi connectivity index (χ3v) is 4.28. The van der Waals surface area contributed by atoms with Gasteiger partial charge in [0.25, 0.3) is 0 Å². The summed E-state index contributed by atoms with van der Waals surface area (Å²) in [5.74, 6) is 0.434. The van der Waals surface area contributed by atoms with Crippen molar-refractivity contribution in [2.75, 3.05) is 0 Å². The largest absolute Gasteiger partial charge is 0.393 e. The number of aliphatic hydroxyl groups is 2. The molecule has 2 nitrogen and oxygen atoms in total. The summed E-state index contributed by atoms with van der Waals surface area (Å²) >= 11 is 0. The number of aliphatic hydroxyl groups excluding tert-OH is 2. The molecular formula is C18H28O2. The van der Waals surface area contributed by atoms with Gasteiger partial charge in [-0.15, -0.1) is 0 Å². The van der Waals surface area contributed by atoms with Crippen molar-refractivity contribution in [3.8, 4) is 0 Å². The van der Waals surface area contributed by atoms with E-state index in [1.165, 1.54) is 5.56 Å². The van der Waals surface area contributed by atoms with E-state index in [1.54, 1.807) is 6.92 Å². The lowest BCUT2D eigenvalue weighted by molar-refractivity contribution is -0.0404. The maximum atomic E-state index is 10.7. The van der Waals surface area contributed by atoms with E-state index in [9.17, 15) is 10.2 Å². The lowest BCUT2D eigenvalue weighted by Crippen LogP contribution is -2.33. The second-order valence-corrected chi connectivity index (χ2v) is 6.68. The Hall–Kier alpha value is -1.12. The van der Waals surface area contributed by atoms with Crippen LogP contribution in [0.15, 0.2) is 24.8 Å². The van der Waals surface area contributed by atoms with Crippen molar-refractivity contribution in [2.24, 2.45) is 5.41 Å². The van der Waals surface area contributed by atoms with Crippen molar-refractivity contribution >= 4 is 5.57 Å². The van der Waals surface area contributed by atoms with Crippen LogP contribution in [-0.2, 0) is 0 Å². The summed E-state index contributed by atoms with van der Waals surface area (Å²) < 4.78 is 0. The molecule has 0 saturated carbocycles. The first-order valence-corrected chi connectivity index (χ1v) is 7.24.